The van der Waals surface area contributed by atoms with E-state index >= 15 is 0 Å². The van der Waals surface area contributed by atoms with Gasteiger partial charge in [-0.15, -0.1) is 0 Å². The molecule has 0 aliphatic carbocycles. The highest BCUT2D eigenvalue weighted by Gasteiger charge is 2.30. The average molecular weight is 201 g/mol. The van der Waals surface area contributed by atoms with Crippen LogP contribution in [0.5, 0.6) is 0 Å². The van der Waals surface area contributed by atoms with Gasteiger partial charge in [-0.2, -0.15) is 0 Å². The lowest BCUT2D eigenvalue weighted by atomic mass is 10.4. The normalized spacial score (nSPS) is 15.6. The van der Waals surface area contributed by atoms with Crippen LogP contribution in [0.25, 0.3) is 0 Å². The van der Waals surface area contributed by atoms with Gasteiger partial charge in [-0.1, -0.05) is 25.1 Å². The highest BCUT2D eigenvalue weighted by molar-refractivity contribution is 8.25. The molecule has 0 fully saturated rings. The van der Waals surface area contributed by atoms with Gasteiger partial charge in [-0.05, 0) is 18.6 Å². The number of hydrogen-bond donors (Lipinski definition) is 1. The summed E-state index contributed by atoms with van der Waals surface area (Å²) in [6.45, 7) is 2.10. The highest BCUT2D eigenvalue weighted by atomic mass is 32.1. The molecule has 3 heteroatoms. The van der Waals surface area contributed by atoms with E-state index in [0.29, 0.717) is 0 Å². The van der Waals surface area contributed by atoms with Gasteiger partial charge in [-0.25, -0.2) is 4.89 Å². The maximum Gasteiger partial charge on any atom is 0.185 e. The van der Waals surface area contributed by atoms with Gasteiger partial charge in [0.25, 0.3) is 0 Å². The standard InChI is InChI=1S/C9H15OP2/c1-2-8-12(10,11)9-6-4-3-5-7-9/h3-7,10H,2,8,11H2,1H3/q+1. The monoisotopic (exact) mass is 201 g/mol. The van der Waals surface area contributed by atoms with E-state index in [0.717, 1.165) is 17.9 Å². The second-order valence-electron chi connectivity index (χ2n) is 2.89. The third-order valence-electron chi connectivity index (χ3n) is 1.77. The third-order valence-corrected chi connectivity index (χ3v) is 5.76. The molecule has 0 spiro atoms. The van der Waals surface area contributed by atoms with Crippen LogP contribution in [0, 0.1) is 0 Å². The molecule has 66 valence electrons. The summed E-state index contributed by atoms with van der Waals surface area (Å²) in [4.78, 5) is 10.1. The van der Waals surface area contributed by atoms with Crippen molar-refractivity contribution >= 4 is 21.4 Å². The Morgan fingerprint density at radius 1 is 1.33 bits per heavy atom. The Morgan fingerprint density at radius 2 is 1.92 bits per heavy atom. The summed E-state index contributed by atoms with van der Waals surface area (Å²) >= 11 is 0. The summed E-state index contributed by atoms with van der Waals surface area (Å²) < 4.78 is 0. The number of benzene rings is 1. The van der Waals surface area contributed by atoms with Crippen molar-refractivity contribution < 1.29 is 4.89 Å². The van der Waals surface area contributed by atoms with Crippen LogP contribution < -0.4 is 5.30 Å². The molecule has 0 saturated carbocycles. The molecule has 2 atom stereocenters. The van der Waals surface area contributed by atoms with Gasteiger partial charge in [0.1, 0.15) is 5.30 Å². The van der Waals surface area contributed by atoms with Gasteiger partial charge in [-0.3, -0.25) is 0 Å². The first-order chi connectivity index (χ1) is 5.67. The van der Waals surface area contributed by atoms with Crippen molar-refractivity contribution in [3.63, 3.8) is 0 Å². The maximum atomic E-state index is 10.1. The first-order valence-electron chi connectivity index (χ1n) is 4.12. The minimum atomic E-state index is -1.88. The van der Waals surface area contributed by atoms with Crippen LogP contribution in [0.15, 0.2) is 30.3 Å². The zero-order valence-corrected chi connectivity index (χ0v) is 9.32. The van der Waals surface area contributed by atoms with Crippen molar-refractivity contribution in [3.8, 4) is 0 Å². The third kappa shape index (κ3) is 2.52. The molecule has 0 saturated heterocycles. The van der Waals surface area contributed by atoms with E-state index in [1.165, 1.54) is 0 Å². The molecule has 1 aromatic carbocycles. The van der Waals surface area contributed by atoms with E-state index in [-0.39, 0.29) is 0 Å². The van der Waals surface area contributed by atoms with Crippen molar-refractivity contribution in [1.82, 2.24) is 0 Å². The Kier molecular flexibility index (Phi) is 3.65. The van der Waals surface area contributed by atoms with Gasteiger partial charge in [0.15, 0.2) is 7.18 Å². The fourth-order valence-corrected chi connectivity index (χ4v) is 4.08. The minimum Gasteiger partial charge on any atom is -0.244 e. The minimum absolute atomic E-state index is 0.891. The van der Waals surface area contributed by atoms with Gasteiger partial charge in [0.2, 0.25) is 0 Å². The lowest BCUT2D eigenvalue weighted by Crippen LogP contribution is -2.07. The summed E-state index contributed by atoms with van der Waals surface area (Å²) in [5.41, 5.74) is 0. The van der Waals surface area contributed by atoms with Gasteiger partial charge < -0.3 is 0 Å². The summed E-state index contributed by atoms with van der Waals surface area (Å²) in [5.74, 6) is 0. The lowest BCUT2D eigenvalue weighted by Gasteiger charge is -2.12. The van der Waals surface area contributed by atoms with Crippen LogP contribution in [-0.2, 0) is 0 Å². The Balaban J connectivity index is 2.82. The van der Waals surface area contributed by atoms with E-state index < -0.39 is 7.18 Å². The summed E-state index contributed by atoms with van der Waals surface area (Å²) in [6.07, 6.45) is 1.92. The SMILES string of the molecule is CCC[P+](O)(P)c1ccccc1. The predicted molar refractivity (Wildman–Crippen MR) is 60.1 cm³/mol. The zero-order valence-electron chi connectivity index (χ0n) is 7.27. The first kappa shape index (κ1) is 10.1. The van der Waals surface area contributed by atoms with Crippen LogP contribution in [0.4, 0.5) is 0 Å². The zero-order chi connectivity index (χ0) is 9.03. The Labute approximate surface area is 76.7 Å². The van der Waals surface area contributed by atoms with Crippen molar-refractivity contribution in [2.24, 2.45) is 0 Å². The lowest BCUT2D eigenvalue weighted by molar-refractivity contribution is 0.627. The molecule has 1 N–H and O–H groups in total. The molecule has 0 heterocycles. The summed E-state index contributed by atoms with van der Waals surface area (Å²) in [5, 5.41) is 1.08. The van der Waals surface area contributed by atoms with E-state index in [1.54, 1.807) is 0 Å². The summed E-state index contributed by atoms with van der Waals surface area (Å²) in [7, 11) is 0.739. The van der Waals surface area contributed by atoms with E-state index in [1.807, 2.05) is 30.3 Å². The molecular weight excluding hydrogens is 186 g/mol. The van der Waals surface area contributed by atoms with Crippen LogP contribution >= 0.6 is 16.1 Å². The molecule has 1 aromatic rings. The quantitative estimate of drug-likeness (QED) is 0.744. The number of hydrogen-bond acceptors (Lipinski definition) is 1. The largest absolute Gasteiger partial charge is 0.244 e. The molecule has 0 radical (unpaired) electrons. The van der Waals surface area contributed by atoms with E-state index in [2.05, 4.69) is 15.9 Å². The molecule has 2 unspecified atom stereocenters. The maximum absolute atomic E-state index is 10.1. The van der Waals surface area contributed by atoms with Crippen LogP contribution in [-0.4, -0.2) is 11.1 Å². The van der Waals surface area contributed by atoms with Crippen molar-refractivity contribution in [2.75, 3.05) is 6.16 Å². The topological polar surface area (TPSA) is 20.2 Å². The Hall–Kier alpha value is 0.0400. The van der Waals surface area contributed by atoms with E-state index in [9.17, 15) is 4.89 Å². The molecule has 0 aliphatic heterocycles. The number of rotatable bonds is 3. The predicted octanol–water partition coefficient (Wildman–Crippen LogP) is 2.44. The molecule has 0 aromatic heterocycles. The molecule has 0 amide bonds. The van der Waals surface area contributed by atoms with Crippen LogP contribution in [0.1, 0.15) is 13.3 Å². The Bertz CT molecular complexity index is 234. The van der Waals surface area contributed by atoms with Crippen molar-refractivity contribution in [1.29, 1.82) is 0 Å². The molecule has 1 nitrogen and oxygen atoms in total. The van der Waals surface area contributed by atoms with E-state index in [4.69, 9.17) is 0 Å². The van der Waals surface area contributed by atoms with Gasteiger partial charge in [0.05, 0.1) is 15.1 Å². The molecular formula is C9H15OP2+. The van der Waals surface area contributed by atoms with Gasteiger partial charge >= 0.3 is 0 Å². The first-order valence-corrected chi connectivity index (χ1v) is 7.66. The second kappa shape index (κ2) is 4.33. The highest BCUT2D eigenvalue weighted by Crippen LogP contribution is 2.61. The average Bonchev–Trinajstić information content (AvgIpc) is 2.06. The fraction of sp³-hybridized carbons (Fsp3) is 0.333. The molecule has 0 aliphatic rings. The van der Waals surface area contributed by atoms with Crippen LogP contribution in [0.2, 0.25) is 0 Å². The fourth-order valence-electron chi connectivity index (χ4n) is 1.16. The van der Waals surface area contributed by atoms with Crippen LogP contribution in [0.3, 0.4) is 0 Å². The Morgan fingerprint density at radius 3 is 2.42 bits per heavy atom. The molecule has 0 bridgehead atoms. The smallest absolute Gasteiger partial charge is 0.185 e. The van der Waals surface area contributed by atoms with Crippen molar-refractivity contribution in [3.05, 3.63) is 30.3 Å². The molecule has 1 rings (SSSR count). The molecule has 12 heavy (non-hydrogen) atoms. The second-order valence-corrected chi connectivity index (χ2v) is 8.07. The van der Waals surface area contributed by atoms with Gasteiger partial charge in [0, 0.05) is 0 Å². The van der Waals surface area contributed by atoms with Crippen molar-refractivity contribution in [2.45, 2.75) is 13.3 Å². The summed E-state index contributed by atoms with van der Waals surface area (Å²) in [6, 6.07) is 9.91.